The van der Waals surface area contributed by atoms with Crippen molar-refractivity contribution >= 4 is 28.7 Å². The number of carbonyl (C=O) groups is 1. The number of ketones is 1. The molecule has 3 heteroatoms. The van der Waals surface area contributed by atoms with Crippen molar-refractivity contribution in [2.45, 2.75) is 25.2 Å². The Morgan fingerprint density at radius 3 is 2.44 bits per heavy atom. The number of halogens is 1. The van der Waals surface area contributed by atoms with Crippen LogP contribution in [0, 0.1) is 6.92 Å². The molecule has 0 amide bonds. The van der Waals surface area contributed by atoms with E-state index in [0.29, 0.717) is 0 Å². The summed E-state index contributed by atoms with van der Waals surface area (Å²) in [5.74, 6) is 0.230. The highest BCUT2D eigenvalue weighted by Crippen LogP contribution is 2.51. The Morgan fingerprint density at radius 1 is 1.28 bits per heavy atom. The molecule has 1 fully saturated rings. The minimum absolute atomic E-state index is 0.230. The van der Waals surface area contributed by atoms with Gasteiger partial charge in [0.1, 0.15) is 0 Å². The molecule has 0 N–H and O–H groups in total. The average Bonchev–Trinajstić information content (AvgIpc) is 3.13. The lowest BCUT2D eigenvalue weighted by Crippen LogP contribution is -2.19. The third kappa shape index (κ3) is 1.80. The van der Waals surface area contributed by atoms with Crippen molar-refractivity contribution in [3.8, 4) is 0 Å². The zero-order chi connectivity index (χ0) is 12.8. The zero-order valence-electron chi connectivity index (χ0n) is 10.1. The van der Waals surface area contributed by atoms with Crippen LogP contribution in [0.1, 0.15) is 33.6 Å². The molecule has 3 rings (SSSR count). The van der Waals surface area contributed by atoms with Gasteiger partial charge in [-0.2, -0.15) is 0 Å². The van der Waals surface area contributed by atoms with Gasteiger partial charge in [0.15, 0.2) is 5.78 Å². The number of carbonyl (C=O) groups excluding carboxylic acids is 1. The minimum Gasteiger partial charge on any atom is -0.292 e. The Kier molecular flexibility index (Phi) is 2.80. The van der Waals surface area contributed by atoms with Crippen LogP contribution in [0.25, 0.3) is 0 Å². The monoisotopic (exact) mass is 276 g/mol. The van der Waals surface area contributed by atoms with E-state index in [-0.39, 0.29) is 11.2 Å². The standard InChI is InChI=1S/C15H13ClOS/c1-10-9-12(18-14(10)16)13(17)15(7-8-15)11-5-3-2-4-6-11/h2-6,9H,7-8H2,1H3. The number of hydrogen-bond acceptors (Lipinski definition) is 2. The van der Waals surface area contributed by atoms with E-state index in [0.717, 1.165) is 33.2 Å². The first-order valence-electron chi connectivity index (χ1n) is 6.00. The Balaban J connectivity index is 1.98. The van der Waals surface area contributed by atoms with Crippen LogP contribution in [0.4, 0.5) is 0 Å². The Labute approximate surface area is 115 Å². The quantitative estimate of drug-likeness (QED) is 0.748. The molecule has 0 spiro atoms. The van der Waals surface area contributed by atoms with E-state index in [1.165, 1.54) is 11.3 Å². The molecule has 0 atom stereocenters. The van der Waals surface area contributed by atoms with Crippen molar-refractivity contribution in [3.05, 3.63) is 56.7 Å². The lowest BCUT2D eigenvalue weighted by molar-refractivity contribution is 0.0950. The number of rotatable bonds is 3. The van der Waals surface area contributed by atoms with Gasteiger partial charge in [-0.25, -0.2) is 0 Å². The molecule has 1 aromatic carbocycles. The second-order valence-electron chi connectivity index (χ2n) is 4.84. The van der Waals surface area contributed by atoms with E-state index < -0.39 is 0 Å². The van der Waals surface area contributed by atoms with Crippen LogP contribution in [-0.4, -0.2) is 5.78 Å². The molecule has 1 aliphatic carbocycles. The summed E-state index contributed by atoms with van der Waals surface area (Å²) in [6.07, 6.45) is 1.90. The molecule has 0 unspecified atom stereocenters. The van der Waals surface area contributed by atoms with E-state index in [4.69, 9.17) is 11.6 Å². The Hall–Kier alpha value is -1.12. The molecule has 18 heavy (non-hydrogen) atoms. The van der Waals surface area contributed by atoms with E-state index in [9.17, 15) is 4.79 Å². The smallest absolute Gasteiger partial charge is 0.183 e. The van der Waals surface area contributed by atoms with Gasteiger partial charge in [0.05, 0.1) is 14.6 Å². The van der Waals surface area contributed by atoms with E-state index in [2.05, 4.69) is 0 Å². The highest BCUT2D eigenvalue weighted by atomic mass is 35.5. The second-order valence-corrected chi connectivity index (χ2v) is 6.50. The topological polar surface area (TPSA) is 17.1 Å². The predicted molar refractivity (Wildman–Crippen MR) is 75.8 cm³/mol. The molecular formula is C15H13ClOS. The van der Waals surface area contributed by atoms with Crippen LogP contribution >= 0.6 is 22.9 Å². The van der Waals surface area contributed by atoms with Crippen LogP contribution in [0.2, 0.25) is 4.34 Å². The summed E-state index contributed by atoms with van der Waals surface area (Å²) in [4.78, 5) is 13.4. The lowest BCUT2D eigenvalue weighted by atomic mass is 9.90. The van der Waals surface area contributed by atoms with Gasteiger partial charge in [0.2, 0.25) is 0 Å². The summed E-state index contributed by atoms with van der Waals surface area (Å²) in [7, 11) is 0. The van der Waals surface area contributed by atoms with Crippen LogP contribution in [0.5, 0.6) is 0 Å². The minimum atomic E-state index is -0.276. The number of Topliss-reactive ketones (excluding diaryl/α,β-unsaturated/α-hetero) is 1. The lowest BCUT2D eigenvalue weighted by Gasteiger charge is -2.12. The molecule has 1 aliphatic rings. The number of benzene rings is 1. The molecule has 0 bridgehead atoms. The summed E-state index contributed by atoms with van der Waals surface area (Å²) < 4.78 is 0.724. The van der Waals surface area contributed by atoms with Crippen molar-refractivity contribution in [1.82, 2.24) is 0 Å². The molecule has 1 nitrogen and oxygen atoms in total. The number of aryl methyl sites for hydroxylation is 1. The second kappa shape index (κ2) is 4.22. The van der Waals surface area contributed by atoms with Crippen LogP contribution in [0.15, 0.2) is 36.4 Å². The molecule has 1 heterocycles. The summed E-state index contributed by atoms with van der Waals surface area (Å²) in [5, 5.41) is 0. The summed E-state index contributed by atoms with van der Waals surface area (Å²) in [5.41, 5.74) is 1.85. The third-order valence-electron chi connectivity index (χ3n) is 3.59. The number of thiophene rings is 1. The molecule has 1 saturated carbocycles. The predicted octanol–water partition coefficient (Wildman–Crippen LogP) is 4.62. The summed E-state index contributed by atoms with van der Waals surface area (Å²) in [6.45, 7) is 1.94. The molecule has 1 aromatic heterocycles. The van der Waals surface area contributed by atoms with Gasteiger partial charge in [-0.1, -0.05) is 41.9 Å². The molecule has 92 valence electrons. The zero-order valence-corrected chi connectivity index (χ0v) is 11.6. The van der Waals surface area contributed by atoms with E-state index in [1.807, 2.05) is 43.3 Å². The molecule has 0 saturated heterocycles. The highest BCUT2D eigenvalue weighted by molar-refractivity contribution is 7.18. The average molecular weight is 277 g/mol. The van der Waals surface area contributed by atoms with Crippen molar-refractivity contribution in [2.75, 3.05) is 0 Å². The maximum Gasteiger partial charge on any atom is 0.183 e. The maximum absolute atomic E-state index is 12.6. The first-order chi connectivity index (χ1) is 8.63. The summed E-state index contributed by atoms with van der Waals surface area (Å²) >= 11 is 7.46. The molecule has 2 aromatic rings. The fraction of sp³-hybridized carbons (Fsp3) is 0.267. The normalized spacial score (nSPS) is 16.6. The Morgan fingerprint density at radius 2 is 1.94 bits per heavy atom. The fourth-order valence-electron chi connectivity index (χ4n) is 2.34. The van der Waals surface area contributed by atoms with Gasteiger partial charge in [-0.3, -0.25) is 4.79 Å². The van der Waals surface area contributed by atoms with Crippen molar-refractivity contribution in [3.63, 3.8) is 0 Å². The van der Waals surface area contributed by atoms with Crippen molar-refractivity contribution in [1.29, 1.82) is 0 Å². The largest absolute Gasteiger partial charge is 0.292 e. The van der Waals surface area contributed by atoms with Gasteiger partial charge in [0.25, 0.3) is 0 Å². The SMILES string of the molecule is Cc1cc(C(=O)C2(c3ccccc3)CC2)sc1Cl. The maximum atomic E-state index is 12.6. The van der Waals surface area contributed by atoms with Crippen LogP contribution in [0.3, 0.4) is 0 Å². The van der Waals surface area contributed by atoms with E-state index >= 15 is 0 Å². The van der Waals surface area contributed by atoms with Gasteiger partial charge < -0.3 is 0 Å². The fourth-order valence-corrected chi connectivity index (χ4v) is 3.58. The Bertz CT molecular complexity index is 577. The van der Waals surface area contributed by atoms with Gasteiger partial charge in [0, 0.05) is 0 Å². The van der Waals surface area contributed by atoms with E-state index in [1.54, 1.807) is 0 Å². The first-order valence-corrected chi connectivity index (χ1v) is 7.19. The molecule has 0 radical (unpaired) electrons. The number of hydrogen-bond donors (Lipinski definition) is 0. The van der Waals surface area contributed by atoms with Gasteiger partial charge in [-0.15, -0.1) is 11.3 Å². The van der Waals surface area contributed by atoms with Crippen molar-refractivity contribution in [2.24, 2.45) is 0 Å². The molecule has 0 aliphatic heterocycles. The van der Waals surface area contributed by atoms with Crippen LogP contribution < -0.4 is 0 Å². The van der Waals surface area contributed by atoms with Gasteiger partial charge >= 0.3 is 0 Å². The van der Waals surface area contributed by atoms with Gasteiger partial charge in [-0.05, 0) is 37.0 Å². The first kappa shape index (κ1) is 11.9. The third-order valence-corrected chi connectivity index (χ3v) is 5.15. The van der Waals surface area contributed by atoms with Crippen LogP contribution in [-0.2, 0) is 5.41 Å². The highest BCUT2D eigenvalue weighted by Gasteiger charge is 2.51. The molecular weight excluding hydrogens is 264 g/mol. The summed E-state index contributed by atoms with van der Waals surface area (Å²) in [6, 6.07) is 12.0. The van der Waals surface area contributed by atoms with Crippen molar-refractivity contribution < 1.29 is 4.79 Å².